The molecule has 2 nitrogen and oxygen atoms in total. The third-order valence-electron chi connectivity index (χ3n) is 4.26. The molecule has 0 saturated heterocycles. The molecular formula is C15H24F2N2. The van der Waals surface area contributed by atoms with Gasteiger partial charge in [0.25, 0.3) is 0 Å². The van der Waals surface area contributed by atoms with Crippen molar-refractivity contribution < 1.29 is 8.78 Å². The Hall–Kier alpha value is -1.00. The number of halogens is 2. The number of nitrogens with two attached hydrogens (primary N) is 1. The molecule has 0 aliphatic carbocycles. The first-order chi connectivity index (χ1) is 8.87. The van der Waals surface area contributed by atoms with Crippen molar-refractivity contribution >= 4 is 0 Å². The number of rotatable bonds is 6. The van der Waals surface area contributed by atoms with Crippen LogP contribution in [0.4, 0.5) is 8.78 Å². The van der Waals surface area contributed by atoms with Crippen LogP contribution in [0.3, 0.4) is 0 Å². The molecule has 1 aromatic rings. The van der Waals surface area contributed by atoms with Gasteiger partial charge in [-0.05, 0) is 45.0 Å². The Kier molecular flexibility index (Phi) is 5.44. The van der Waals surface area contributed by atoms with E-state index in [2.05, 4.69) is 18.7 Å². The number of benzene rings is 1. The highest BCUT2D eigenvalue weighted by atomic mass is 19.1. The zero-order valence-electron chi connectivity index (χ0n) is 12.2. The lowest BCUT2D eigenvalue weighted by molar-refractivity contribution is 0.105. The summed E-state index contributed by atoms with van der Waals surface area (Å²) < 4.78 is 26.6. The Bertz CT molecular complexity index is 415. The van der Waals surface area contributed by atoms with Crippen molar-refractivity contribution in [3.05, 3.63) is 35.4 Å². The van der Waals surface area contributed by atoms with Gasteiger partial charge < -0.3 is 10.6 Å². The second kappa shape index (κ2) is 6.44. The molecule has 0 radical (unpaired) electrons. The lowest BCUT2D eigenvalue weighted by atomic mass is 9.80. The standard InChI is InChI=1S/C15H24F2N2/c1-5-15(6-2,19(3)4)14(18)9-11-7-8-12(16)10-13(11)17/h7-8,10,14H,5-6,9,18H2,1-4H3. The maximum atomic E-state index is 13.7. The predicted molar refractivity (Wildman–Crippen MR) is 75.0 cm³/mol. The zero-order chi connectivity index (χ0) is 14.6. The molecule has 0 aliphatic heterocycles. The van der Waals surface area contributed by atoms with Gasteiger partial charge in [-0.3, -0.25) is 0 Å². The van der Waals surface area contributed by atoms with Crippen LogP contribution in [0, 0.1) is 11.6 Å². The highest BCUT2D eigenvalue weighted by molar-refractivity contribution is 5.20. The quantitative estimate of drug-likeness (QED) is 0.861. The van der Waals surface area contributed by atoms with Gasteiger partial charge in [-0.25, -0.2) is 8.78 Å². The molecule has 0 aromatic heterocycles. The lowest BCUT2D eigenvalue weighted by Crippen LogP contribution is -2.57. The molecule has 0 heterocycles. The first-order valence-electron chi connectivity index (χ1n) is 6.74. The molecule has 4 heteroatoms. The van der Waals surface area contributed by atoms with E-state index in [1.54, 1.807) is 0 Å². The minimum absolute atomic E-state index is 0.166. The molecule has 19 heavy (non-hydrogen) atoms. The number of likely N-dealkylation sites (N-methyl/N-ethyl adjacent to an activating group) is 1. The molecule has 1 rings (SSSR count). The van der Waals surface area contributed by atoms with Crippen molar-refractivity contribution in [3.63, 3.8) is 0 Å². The monoisotopic (exact) mass is 270 g/mol. The van der Waals surface area contributed by atoms with Crippen LogP contribution in [-0.4, -0.2) is 30.6 Å². The molecule has 0 aliphatic rings. The Labute approximate surface area is 114 Å². The van der Waals surface area contributed by atoms with Crippen LogP contribution in [0.2, 0.25) is 0 Å². The molecule has 0 fully saturated rings. The minimum atomic E-state index is -0.556. The summed E-state index contributed by atoms with van der Waals surface area (Å²) in [5.74, 6) is -1.07. The van der Waals surface area contributed by atoms with Crippen molar-refractivity contribution in [3.8, 4) is 0 Å². The maximum Gasteiger partial charge on any atom is 0.129 e. The summed E-state index contributed by atoms with van der Waals surface area (Å²) in [5.41, 5.74) is 6.62. The molecule has 1 aromatic carbocycles. The molecule has 108 valence electrons. The average Bonchev–Trinajstić information content (AvgIpc) is 2.34. The summed E-state index contributed by atoms with van der Waals surface area (Å²) in [6.07, 6.45) is 2.19. The molecular weight excluding hydrogens is 246 g/mol. The maximum absolute atomic E-state index is 13.7. The van der Waals surface area contributed by atoms with Gasteiger partial charge in [0, 0.05) is 17.6 Å². The zero-order valence-corrected chi connectivity index (χ0v) is 12.2. The van der Waals surface area contributed by atoms with E-state index in [0.29, 0.717) is 12.0 Å². The van der Waals surface area contributed by atoms with E-state index < -0.39 is 11.6 Å². The van der Waals surface area contributed by atoms with Crippen LogP contribution in [0.25, 0.3) is 0 Å². The van der Waals surface area contributed by atoms with Crippen LogP contribution >= 0.6 is 0 Å². The van der Waals surface area contributed by atoms with Crippen LogP contribution < -0.4 is 5.73 Å². The summed E-state index contributed by atoms with van der Waals surface area (Å²) in [7, 11) is 3.99. The molecule has 1 unspecified atom stereocenters. The van der Waals surface area contributed by atoms with Gasteiger partial charge in [-0.2, -0.15) is 0 Å². The summed E-state index contributed by atoms with van der Waals surface area (Å²) in [4.78, 5) is 2.11. The van der Waals surface area contributed by atoms with Gasteiger partial charge >= 0.3 is 0 Å². The Balaban J connectivity index is 2.96. The van der Waals surface area contributed by atoms with Crippen molar-refractivity contribution in [1.29, 1.82) is 0 Å². The SMILES string of the molecule is CCC(CC)(C(N)Cc1ccc(F)cc1F)N(C)C. The second-order valence-corrected chi connectivity index (χ2v) is 5.25. The van der Waals surface area contributed by atoms with Gasteiger partial charge in [0.15, 0.2) is 0 Å². The minimum Gasteiger partial charge on any atom is -0.326 e. The van der Waals surface area contributed by atoms with Gasteiger partial charge in [-0.1, -0.05) is 19.9 Å². The Morgan fingerprint density at radius 2 is 1.79 bits per heavy atom. The van der Waals surface area contributed by atoms with Gasteiger partial charge in [0.1, 0.15) is 11.6 Å². The van der Waals surface area contributed by atoms with Gasteiger partial charge in [0.05, 0.1) is 0 Å². The van der Waals surface area contributed by atoms with E-state index in [1.807, 2.05) is 14.1 Å². The third-order valence-corrected chi connectivity index (χ3v) is 4.26. The number of hydrogen-bond donors (Lipinski definition) is 1. The number of hydrogen-bond acceptors (Lipinski definition) is 2. The third kappa shape index (κ3) is 3.31. The molecule has 0 bridgehead atoms. The summed E-state index contributed by atoms with van der Waals surface area (Å²) in [6.45, 7) is 4.18. The summed E-state index contributed by atoms with van der Waals surface area (Å²) >= 11 is 0. The topological polar surface area (TPSA) is 29.3 Å². The van der Waals surface area contributed by atoms with E-state index in [-0.39, 0.29) is 11.6 Å². The van der Waals surface area contributed by atoms with Crippen molar-refractivity contribution in [1.82, 2.24) is 4.90 Å². The van der Waals surface area contributed by atoms with Crippen LogP contribution in [0.1, 0.15) is 32.3 Å². The van der Waals surface area contributed by atoms with E-state index in [4.69, 9.17) is 5.73 Å². The Morgan fingerprint density at radius 1 is 1.21 bits per heavy atom. The van der Waals surface area contributed by atoms with Crippen molar-refractivity contribution in [2.24, 2.45) is 5.73 Å². The predicted octanol–water partition coefficient (Wildman–Crippen LogP) is 2.96. The van der Waals surface area contributed by atoms with E-state index in [9.17, 15) is 8.78 Å². The number of nitrogens with zero attached hydrogens (tertiary/aromatic N) is 1. The van der Waals surface area contributed by atoms with Crippen molar-refractivity contribution in [2.45, 2.75) is 44.7 Å². The van der Waals surface area contributed by atoms with Crippen LogP contribution in [-0.2, 0) is 6.42 Å². The molecule has 1 atom stereocenters. The molecule has 0 amide bonds. The fourth-order valence-corrected chi connectivity index (χ4v) is 2.85. The average molecular weight is 270 g/mol. The smallest absolute Gasteiger partial charge is 0.129 e. The van der Waals surface area contributed by atoms with E-state index >= 15 is 0 Å². The van der Waals surface area contributed by atoms with Gasteiger partial charge in [-0.15, -0.1) is 0 Å². The molecule has 2 N–H and O–H groups in total. The molecule has 0 saturated carbocycles. The highest BCUT2D eigenvalue weighted by Gasteiger charge is 2.35. The van der Waals surface area contributed by atoms with E-state index in [0.717, 1.165) is 18.9 Å². The second-order valence-electron chi connectivity index (χ2n) is 5.25. The Morgan fingerprint density at radius 3 is 2.21 bits per heavy atom. The largest absolute Gasteiger partial charge is 0.326 e. The first-order valence-corrected chi connectivity index (χ1v) is 6.74. The van der Waals surface area contributed by atoms with E-state index in [1.165, 1.54) is 12.1 Å². The highest BCUT2D eigenvalue weighted by Crippen LogP contribution is 2.27. The van der Waals surface area contributed by atoms with Crippen LogP contribution in [0.5, 0.6) is 0 Å². The van der Waals surface area contributed by atoms with Crippen LogP contribution in [0.15, 0.2) is 18.2 Å². The fraction of sp³-hybridized carbons (Fsp3) is 0.600. The normalized spacial score (nSPS) is 13.9. The van der Waals surface area contributed by atoms with Gasteiger partial charge in [0.2, 0.25) is 0 Å². The summed E-state index contributed by atoms with van der Waals surface area (Å²) in [5, 5.41) is 0. The summed E-state index contributed by atoms with van der Waals surface area (Å²) in [6, 6.07) is 3.48. The first kappa shape index (κ1) is 16.1. The fourth-order valence-electron chi connectivity index (χ4n) is 2.85. The molecule has 0 spiro atoms. The van der Waals surface area contributed by atoms with Crippen molar-refractivity contribution in [2.75, 3.05) is 14.1 Å². The lowest BCUT2D eigenvalue weighted by Gasteiger charge is -2.43.